The highest BCUT2D eigenvalue weighted by Crippen LogP contribution is 2.27. The molecular formula is C17H24ClN3O3. The van der Waals surface area contributed by atoms with E-state index in [2.05, 4.69) is 10.6 Å². The van der Waals surface area contributed by atoms with E-state index in [1.165, 1.54) is 0 Å². The van der Waals surface area contributed by atoms with E-state index in [-0.39, 0.29) is 18.2 Å². The van der Waals surface area contributed by atoms with Gasteiger partial charge in [-0.15, -0.1) is 0 Å². The molecule has 1 saturated heterocycles. The first-order valence-electron chi connectivity index (χ1n) is 8.16. The number of halogens is 1. The van der Waals surface area contributed by atoms with Crippen LogP contribution in [0.25, 0.3) is 0 Å². The third kappa shape index (κ3) is 4.77. The molecule has 3 amide bonds. The SMILES string of the molecule is CCOC(=O)N1CCC(NC(=O)Nc2c(C)cc(C)cc2Cl)CC1. The van der Waals surface area contributed by atoms with Gasteiger partial charge in [0, 0.05) is 19.1 Å². The maximum absolute atomic E-state index is 12.2. The molecule has 0 saturated carbocycles. The van der Waals surface area contributed by atoms with E-state index in [1.54, 1.807) is 11.8 Å². The summed E-state index contributed by atoms with van der Waals surface area (Å²) in [5.74, 6) is 0. The number of carbonyl (C=O) groups excluding carboxylic acids is 2. The highest BCUT2D eigenvalue weighted by Gasteiger charge is 2.24. The zero-order valence-electron chi connectivity index (χ0n) is 14.3. The topological polar surface area (TPSA) is 70.7 Å². The fourth-order valence-corrected chi connectivity index (χ4v) is 3.20. The first kappa shape index (κ1) is 18.4. The summed E-state index contributed by atoms with van der Waals surface area (Å²) < 4.78 is 4.99. The van der Waals surface area contributed by atoms with Gasteiger partial charge >= 0.3 is 12.1 Å². The summed E-state index contributed by atoms with van der Waals surface area (Å²) in [6.07, 6.45) is 1.11. The third-order valence-corrected chi connectivity index (χ3v) is 4.32. The van der Waals surface area contributed by atoms with Crippen LogP contribution in [0, 0.1) is 13.8 Å². The van der Waals surface area contributed by atoms with Crippen molar-refractivity contribution >= 4 is 29.4 Å². The van der Waals surface area contributed by atoms with Gasteiger partial charge in [0.1, 0.15) is 0 Å². The Kier molecular flexibility index (Phi) is 6.31. The number of aryl methyl sites for hydroxylation is 2. The number of rotatable bonds is 3. The lowest BCUT2D eigenvalue weighted by Gasteiger charge is -2.31. The molecule has 1 aromatic carbocycles. The average molecular weight is 354 g/mol. The van der Waals surface area contributed by atoms with E-state index in [0.29, 0.717) is 43.2 Å². The fraction of sp³-hybridized carbons (Fsp3) is 0.529. The Balaban J connectivity index is 1.85. The number of nitrogens with zero attached hydrogens (tertiary/aromatic N) is 1. The second-order valence-corrected chi connectivity index (χ2v) is 6.40. The number of anilines is 1. The molecule has 1 aliphatic rings. The van der Waals surface area contributed by atoms with E-state index in [0.717, 1.165) is 11.1 Å². The largest absolute Gasteiger partial charge is 0.450 e. The van der Waals surface area contributed by atoms with Crippen molar-refractivity contribution in [1.29, 1.82) is 0 Å². The minimum atomic E-state index is -0.289. The minimum Gasteiger partial charge on any atom is -0.450 e. The van der Waals surface area contributed by atoms with Gasteiger partial charge in [-0.1, -0.05) is 17.7 Å². The van der Waals surface area contributed by atoms with Gasteiger partial charge < -0.3 is 20.3 Å². The summed E-state index contributed by atoms with van der Waals surface area (Å²) in [5, 5.41) is 6.29. The average Bonchev–Trinajstić information content (AvgIpc) is 2.52. The molecule has 6 nitrogen and oxygen atoms in total. The van der Waals surface area contributed by atoms with Gasteiger partial charge in [-0.2, -0.15) is 0 Å². The van der Waals surface area contributed by atoms with Crippen LogP contribution in [-0.2, 0) is 4.74 Å². The van der Waals surface area contributed by atoms with Crippen LogP contribution < -0.4 is 10.6 Å². The van der Waals surface area contributed by atoms with Crippen molar-refractivity contribution in [3.63, 3.8) is 0 Å². The summed E-state index contributed by atoms with van der Waals surface area (Å²) >= 11 is 6.20. The molecule has 0 spiro atoms. The molecule has 0 atom stereocenters. The predicted octanol–water partition coefficient (Wildman–Crippen LogP) is 3.70. The van der Waals surface area contributed by atoms with Crippen molar-refractivity contribution in [1.82, 2.24) is 10.2 Å². The summed E-state index contributed by atoms with van der Waals surface area (Å²) in [4.78, 5) is 25.5. The van der Waals surface area contributed by atoms with Crippen LogP contribution in [0.4, 0.5) is 15.3 Å². The number of urea groups is 1. The monoisotopic (exact) mass is 353 g/mol. The first-order valence-corrected chi connectivity index (χ1v) is 8.54. The number of ether oxygens (including phenoxy) is 1. The second-order valence-electron chi connectivity index (χ2n) is 6.00. The molecule has 1 aliphatic heterocycles. The normalized spacial score (nSPS) is 15.1. The van der Waals surface area contributed by atoms with Crippen molar-refractivity contribution in [2.24, 2.45) is 0 Å². The lowest BCUT2D eigenvalue weighted by Crippen LogP contribution is -2.47. The molecule has 2 N–H and O–H groups in total. The van der Waals surface area contributed by atoms with Gasteiger partial charge in [0.25, 0.3) is 0 Å². The van der Waals surface area contributed by atoms with Gasteiger partial charge in [-0.3, -0.25) is 0 Å². The number of benzene rings is 1. The summed E-state index contributed by atoms with van der Waals surface area (Å²) in [6, 6.07) is 3.54. The zero-order chi connectivity index (χ0) is 17.7. The van der Waals surface area contributed by atoms with Gasteiger partial charge in [-0.25, -0.2) is 9.59 Å². The standard InChI is InChI=1S/C17H24ClN3O3/c1-4-24-17(23)21-7-5-13(6-8-21)19-16(22)20-15-12(3)9-11(2)10-14(15)18/h9-10,13H,4-8H2,1-3H3,(H2,19,20,22). The van der Waals surface area contributed by atoms with Gasteiger partial charge in [0.2, 0.25) is 0 Å². The molecule has 0 aliphatic carbocycles. The molecular weight excluding hydrogens is 330 g/mol. The Bertz CT molecular complexity index is 590. The van der Waals surface area contributed by atoms with E-state index in [4.69, 9.17) is 16.3 Å². The maximum atomic E-state index is 12.2. The Morgan fingerprint density at radius 1 is 1.29 bits per heavy atom. The van der Waals surface area contributed by atoms with Crippen LogP contribution in [0.1, 0.15) is 30.9 Å². The zero-order valence-corrected chi connectivity index (χ0v) is 15.1. The van der Waals surface area contributed by atoms with Crippen LogP contribution >= 0.6 is 11.6 Å². The Morgan fingerprint density at radius 2 is 1.96 bits per heavy atom. The maximum Gasteiger partial charge on any atom is 0.409 e. The molecule has 7 heteroatoms. The Hall–Kier alpha value is -1.95. The summed E-state index contributed by atoms with van der Waals surface area (Å²) in [5.41, 5.74) is 2.60. The quantitative estimate of drug-likeness (QED) is 0.870. The lowest BCUT2D eigenvalue weighted by molar-refractivity contribution is 0.0959. The molecule has 132 valence electrons. The molecule has 0 aromatic heterocycles. The number of nitrogens with one attached hydrogen (secondary N) is 2. The number of carbonyl (C=O) groups is 2. The smallest absolute Gasteiger partial charge is 0.409 e. The fourth-order valence-electron chi connectivity index (χ4n) is 2.83. The Morgan fingerprint density at radius 3 is 2.54 bits per heavy atom. The van der Waals surface area contributed by atoms with Crippen molar-refractivity contribution in [3.05, 3.63) is 28.3 Å². The van der Waals surface area contributed by atoms with Gasteiger partial charge in [-0.05, 0) is 50.8 Å². The van der Waals surface area contributed by atoms with E-state index >= 15 is 0 Å². The van der Waals surface area contributed by atoms with Crippen molar-refractivity contribution in [2.75, 3.05) is 25.0 Å². The van der Waals surface area contributed by atoms with Crippen LogP contribution in [0.3, 0.4) is 0 Å². The highest BCUT2D eigenvalue weighted by molar-refractivity contribution is 6.34. The molecule has 2 rings (SSSR count). The highest BCUT2D eigenvalue weighted by atomic mass is 35.5. The number of hydrogen-bond donors (Lipinski definition) is 2. The van der Waals surface area contributed by atoms with Gasteiger partial charge in [0.05, 0.1) is 17.3 Å². The number of likely N-dealkylation sites (tertiary alicyclic amines) is 1. The molecule has 0 unspecified atom stereocenters. The van der Waals surface area contributed by atoms with Crippen molar-refractivity contribution in [2.45, 2.75) is 39.7 Å². The van der Waals surface area contributed by atoms with Crippen LogP contribution in [0.15, 0.2) is 12.1 Å². The predicted molar refractivity (Wildman–Crippen MR) is 94.7 cm³/mol. The molecule has 0 bridgehead atoms. The van der Waals surface area contributed by atoms with Crippen molar-refractivity contribution in [3.8, 4) is 0 Å². The van der Waals surface area contributed by atoms with E-state index in [9.17, 15) is 9.59 Å². The van der Waals surface area contributed by atoms with E-state index < -0.39 is 0 Å². The molecule has 24 heavy (non-hydrogen) atoms. The number of amides is 3. The Labute approximate surface area is 147 Å². The van der Waals surface area contributed by atoms with Crippen LogP contribution in [0.5, 0.6) is 0 Å². The summed E-state index contributed by atoms with van der Waals surface area (Å²) in [6.45, 7) is 7.18. The van der Waals surface area contributed by atoms with Crippen molar-refractivity contribution < 1.29 is 14.3 Å². The van der Waals surface area contributed by atoms with Crippen LogP contribution in [0.2, 0.25) is 5.02 Å². The second kappa shape index (κ2) is 8.24. The third-order valence-electron chi connectivity index (χ3n) is 4.03. The first-order chi connectivity index (χ1) is 11.4. The molecule has 0 radical (unpaired) electrons. The molecule has 1 aromatic rings. The minimum absolute atomic E-state index is 0.0280. The van der Waals surface area contributed by atoms with Crippen LogP contribution in [-0.4, -0.2) is 42.8 Å². The van der Waals surface area contributed by atoms with Gasteiger partial charge in [0.15, 0.2) is 0 Å². The lowest BCUT2D eigenvalue weighted by atomic mass is 10.1. The molecule has 1 heterocycles. The number of piperidine rings is 1. The number of hydrogen-bond acceptors (Lipinski definition) is 3. The molecule has 1 fully saturated rings. The van der Waals surface area contributed by atoms with E-state index in [1.807, 2.05) is 26.0 Å². The summed E-state index contributed by atoms with van der Waals surface area (Å²) in [7, 11) is 0.